The molecule has 0 amide bonds. The number of hydrogen-bond acceptors (Lipinski definition) is 19. The van der Waals surface area contributed by atoms with Gasteiger partial charge in [-0.15, -0.1) is 0 Å². The van der Waals surface area contributed by atoms with Crippen LogP contribution in [0.3, 0.4) is 0 Å². The fourth-order valence-electron chi connectivity index (χ4n) is 11.4. The van der Waals surface area contributed by atoms with Gasteiger partial charge in [-0.25, -0.2) is 4.99 Å². The van der Waals surface area contributed by atoms with E-state index < -0.39 is 141 Å². The standard InChI is InChI=1S/C62H101N4O18/c1-40-22-18-15-13-11-9-7-8-10-12-14-16-21-25-48(83-60-58(76)55(57(75)43(4)82-60)65-61(64-44-23-19-17-20-24-44)63-28-29-66(5)30-32-80-33-31-66)37-52-54(59(77)79-6)51(72)39-62(78,84-52)38-50(71)49(70)27-26-45(67)34-46(68)35-47(69)36-53(73)81-42(3)41(2)56(40)74/h7-16,18,21-22,25,40-52,54-58,60,67-72,74-76,78H,17,19-20,23-24,26-39H2,1-6H3,(H2,63,64,65)/q+1/b8-7+,11-9+,12-10+,15-13+,16-14+,22-18+,25-21+/t40-,41-,42-,43+,45?,46?,47?,48-,49?,50?,51?,52?,54?,55-,56+,57+,58-,60-,62+/m0/s1. The molecule has 84 heavy (non-hydrogen) atoms. The first-order valence-electron chi connectivity index (χ1n) is 30.3. The van der Waals surface area contributed by atoms with E-state index in [1.54, 1.807) is 57.2 Å². The summed E-state index contributed by atoms with van der Waals surface area (Å²) in [4.78, 5) is 31.2. The number of likely N-dealkylation sites (N-methyl/N-ethyl adjacent to an activating group) is 1. The lowest BCUT2D eigenvalue weighted by Crippen LogP contribution is -2.66. The normalized spacial score (nSPS) is 41.0. The first-order chi connectivity index (χ1) is 40.0. The Labute approximate surface area is 496 Å². The third kappa shape index (κ3) is 23.5. The fraction of sp³-hybridized carbons (Fsp3) is 0.726. The summed E-state index contributed by atoms with van der Waals surface area (Å²) in [6, 6.07) is -0.912. The number of rotatable bonds is 8. The summed E-state index contributed by atoms with van der Waals surface area (Å²) >= 11 is 0. The van der Waals surface area contributed by atoms with Crippen LogP contribution in [0.4, 0.5) is 0 Å². The van der Waals surface area contributed by atoms with Crippen LogP contribution in [0.5, 0.6) is 0 Å². The van der Waals surface area contributed by atoms with E-state index in [9.17, 15) is 60.7 Å². The predicted molar refractivity (Wildman–Crippen MR) is 314 cm³/mol. The topological polar surface area (TPSA) is 328 Å². The highest BCUT2D eigenvalue weighted by Gasteiger charge is 2.52. The summed E-state index contributed by atoms with van der Waals surface area (Å²) in [7, 11) is 3.32. The van der Waals surface area contributed by atoms with Gasteiger partial charge in [0.25, 0.3) is 0 Å². The van der Waals surface area contributed by atoms with Crippen molar-refractivity contribution in [3.8, 4) is 0 Å². The molecule has 0 spiro atoms. The number of aliphatic imine (C=N–C) groups is 1. The van der Waals surface area contributed by atoms with Crippen LogP contribution in [0, 0.1) is 17.8 Å². The molecule has 2 bridgehead atoms. The first-order valence-corrected chi connectivity index (χ1v) is 30.3. The average Bonchev–Trinajstić information content (AvgIpc) is 3.50. The number of nitrogens with one attached hydrogen (secondary N) is 2. The van der Waals surface area contributed by atoms with Gasteiger partial charge in [0.05, 0.1) is 114 Å². The van der Waals surface area contributed by atoms with Crippen LogP contribution in [-0.4, -0.2) is 231 Å². The molecule has 4 fully saturated rings. The lowest BCUT2D eigenvalue weighted by atomic mass is 9.82. The van der Waals surface area contributed by atoms with Crippen molar-refractivity contribution in [3.63, 3.8) is 0 Å². The molecule has 8 unspecified atom stereocenters. The second kappa shape index (κ2) is 35.6. The molecule has 22 heteroatoms. The molecule has 0 aromatic carbocycles. The molecule has 4 aliphatic heterocycles. The third-order valence-corrected chi connectivity index (χ3v) is 16.9. The molecule has 1 aliphatic carbocycles. The Kier molecular flexibility index (Phi) is 29.9. The zero-order chi connectivity index (χ0) is 61.4. The first kappa shape index (κ1) is 70.6. The summed E-state index contributed by atoms with van der Waals surface area (Å²) in [6.07, 6.45) is 9.62. The van der Waals surface area contributed by atoms with Gasteiger partial charge < -0.3 is 94.6 Å². The van der Waals surface area contributed by atoms with Gasteiger partial charge in [0.1, 0.15) is 37.3 Å². The van der Waals surface area contributed by atoms with Crippen molar-refractivity contribution in [3.05, 3.63) is 85.1 Å². The van der Waals surface area contributed by atoms with Crippen LogP contribution in [0.25, 0.3) is 0 Å². The quantitative estimate of drug-likeness (QED) is 0.0717. The molecule has 22 nitrogen and oxygen atoms in total. The zero-order valence-corrected chi connectivity index (χ0v) is 50.1. The Balaban J connectivity index is 1.40. The number of methoxy groups -OCH3 is 1. The highest BCUT2D eigenvalue weighted by atomic mass is 16.7. The van der Waals surface area contributed by atoms with E-state index in [-0.39, 0.29) is 44.1 Å². The maximum Gasteiger partial charge on any atom is 0.313 e. The maximum atomic E-state index is 13.5. The van der Waals surface area contributed by atoms with E-state index in [0.717, 1.165) is 63.3 Å². The van der Waals surface area contributed by atoms with Crippen LogP contribution in [0.15, 0.2) is 90.1 Å². The number of cyclic esters (lactones) is 1. The average molecular weight is 1190 g/mol. The molecule has 476 valence electrons. The van der Waals surface area contributed by atoms with E-state index in [1.165, 1.54) is 0 Å². The minimum atomic E-state index is -2.34. The molecule has 4 heterocycles. The molecular weight excluding hydrogens is 1090 g/mol. The number of aliphatic hydroxyl groups excluding tert-OH is 9. The van der Waals surface area contributed by atoms with Crippen LogP contribution in [-0.2, 0) is 38.0 Å². The highest BCUT2D eigenvalue weighted by molar-refractivity contribution is 5.80. The molecule has 5 rings (SSSR count). The number of carbonyl (C=O) groups is 2. The SMILES string of the molecule is COC(=O)C1C(O)C[C@@]2(O)CC(O)C(O)CCC(O)CC(O)CC(O)CC(=O)O[C@@H](C)[C@H](C)[C@H](O)[C@@H](C)/C=C/C=C/C=C/C=C/C=C/C=C/C=C/[C@H](O[C@@H]3O[C@H](C)[C@@H](O)[C@H](NC(=NCC[N+]4(C)CCOCC4)NC4CCCCC4)[C@@H]3O)CC1O2. The number of morpholine rings is 1. The summed E-state index contributed by atoms with van der Waals surface area (Å²) in [5.41, 5.74) is 0. The molecule has 12 N–H and O–H groups in total. The van der Waals surface area contributed by atoms with E-state index in [4.69, 9.17) is 33.4 Å². The lowest BCUT2D eigenvalue weighted by molar-refractivity contribution is -0.915. The smallest absolute Gasteiger partial charge is 0.313 e. The van der Waals surface area contributed by atoms with Crippen molar-refractivity contribution in [2.24, 2.45) is 22.7 Å². The predicted octanol–water partition coefficient (Wildman–Crippen LogP) is 2.19. The Morgan fingerprint density at radius 2 is 1.29 bits per heavy atom. The van der Waals surface area contributed by atoms with Gasteiger partial charge >= 0.3 is 11.9 Å². The van der Waals surface area contributed by atoms with E-state index in [0.29, 0.717) is 25.7 Å². The number of hydrogen-bond donors (Lipinski definition) is 12. The van der Waals surface area contributed by atoms with E-state index >= 15 is 0 Å². The molecule has 0 radical (unpaired) electrons. The second-order valence-electron chi connectivity index (χ2n) is 24.0. The largest absolute Gasteiger partial charge is 0.469 e. The number of ether oxygens (including phenoxy) is 6. The third-order valence-electron chi connectivity index (χ3n) is 16.9. The van der Waals surface area contributed by atoms with Gasteiger partial charge in [-0.05, 0) is 52.4 Å². The van der Waals surface area contributed by atoms with Crippen LogP contribution in [0.1, 0.15) is 111 Å². The van der Waals surface area contributed by atoms with Crippen molar-refractivity contribution in [1.82, 2.24) is 10.6 Å². The van der Waals surface area contributed by atoms with Gasteiger partial charge in [-0.1, -0.05) is 118 Å². The van der Waals surface area contributed by atoms with Gasteiger partial charge in [-0.2, -0.15) is 0 Å². The number of carbonyl (C=O) groups excluding carboxylic acids is 2. The molecule has 5 aliphatic rings. The summed E-state index contributed by atoms with van der Waals surface area (Å²) < 4.78 is 36.0. The number of esters is 2. The molecule has 3 saturated heterocycles. The van der Waals surface area contributed by atoms with Gasteiger partial charge in [0.2, 0.25) is 0 Å². The number of nitrogens with zero attached hydrogens (tertiary/aromatic N) is 2. The van der Waals surface area contributed by atoms with Crippen LogP contribution >= 0.6 is 0 Å². The minimum Gasteiger partial charge on any atom is -0.469 e. The van der Waals surface area contributed by atoms with Gasteiger partial charge in [-0.3, -0.25) is 9.59 Å². The summed E-state index contributed by atoms with van der Waals surface area (Å²) in [5, 5.41) is 120. The number of fused-ring (bicyclic) bond motifs is 2. The summed E-state index contributed by atoms with van der Waals surface area (Å²) in [6.45, 7) is 11.2. The van der Waals surface area contributed by atoms with E-state index in [2.05, 4.69) is 17.7 Å². The Bertz CT molecular complexity index is 2210. The number of quaternary nitrogens is 1. The van der Waals surface area contributed by atoms with Gasteiger partial charge in [0.15, 0.2) is 18.0 Å². The monoisotopic (exact) mass is 1190 g/mol. The second-order valence-corrected chi connectivity index (χ2v) is 24.0. The Morgan fingerprint density at radius 3 is 1.92 bits per heavy atom. The minimum absolute atomic E-state index is 0.130. The van der Waals surface area contributed by atoms with Crippen LogP contribution < -0.4 is 10.6 Å². The van der Waals surface area contributed by atoms with Crippen molar-refractivity contribution >= 4 is 17.9 Å². The Hall–Kier alpha value is -4.21. The number of guanidine groups is 1. The fourth-order valence-corrected chi connectivity index (χ4v) is 11.4. The number of aliphatic hydroxyl groups is 10. The van der Waals surface area contributed by atoms with Crippen molar-refractivity contribution in [1.29, 1.82) is 0 Å². The zero-order valence-electron chi connectivity index (χ0n) is 50.1. The molecular formula is C62H101N4O18+. The molecule has 19 atom stereocenters. The lowest BCUT2D eigenvalue weighted by Gasteiger charge is -2.46. The van der Waals surface area contributed by atoms with Gasteiger partial charge in [0, 0.05) is 37.1 Å². The molecule has 0 aromatic heterocycles. The van der Waals surface area contributed by atoms with Crippen molar-refractivity contribution < 1.29 is 93.6 Å². The van der Waals surface area contributed by atoms with E-state index in [1.807, 2.05) is 55.5 Å². The van der Waals surface area contributed by atoms with Crippen molar-refractivity contribution in [2.75, 3.05) is 53.6 Å². The Morgan fingerprint density at radius 1 is 0.690 bits per heavy atom. The number of allylic oxidation sites excluding steroid dienone is 12. The van der Waals surface area contributed by atoms with Crippen LogP contribution in [0.2, 0.25) is 0 Å². The van der Waals surface area contributed by atoms with Crippen molar-refractivity contribution in [2.45, 2.75) is 215 Å². The molecule has 1 saturated carbocycles. The summed E-state index contributed by atoms with van der Waals surface area (Å²) in [5.74, 6) is -5.63. The highest BCUT2D eigenvalue weighted by Crippen LogP contribution is 2.39. The maximum absolute atomic E-state index is 13.5. The molecule has 0 aromatic rings.